The van der Waals surface area contributed by atoms with E-state index >= 15 is 0 Å². The lowest BCUT2D eigenvalue weighted by molar-refractivity contribution is 0.428. The van der Waals surface area contributed by atoms with Gasteiger partial charge in [-0.05, 0) is 98.0 Å². The van der Waals surface area contributed by atoms with Crippen LogP contribution >= 0.6 is 0 Å². The molecule has 1 N–H and O–H groups in total. The van der Waals surface area contributed by atoms with Crippen LogP contribution in [0.25, 0.3) is 28.5 Å². The number of pyridine rings is 1. The third-order valence-corrected chi connectivity index (χ3v) is 7.20. The van der Waals surface area contributed by atoms with E-state index in [0.717, 1.165) is 59.9 Å². The Balaban J connectivity index is 1.53. The number of nitrogens with one attached hydrogen (secondary N) is 1. The number of nitriles is 1. The molecule has 2 aromatic carbocycles. The Labute approximate surface area is 197 Å². The van der Waals surface area contributed by atoms with Gasteiger partial charge in [0.1, 0.15) is 0 Å². The Bertz CT molecular complexity index is 1180. The first-order valence-corrected chi connectivity index (χ1v) is 12.3. The Morgan fingerprint density at radius 3 is 2.52 bits per heavy atom. The number of hydrogen-bond acceptors (Lipinski definition) is 3. The van der Waals surface area contributed by atoms with Gasteiger partial charge in [-0.1, -0.05) is 49.4 Å². The van der Waals surface area contributed by atoms with E-state index in [0.29, 0.717) is 11.5 Å². The highest BCUT2D eigenvalue weighted by Gasteiger charge is 2.22. The maximum atomic E-state index is 9.22. The zero-order chi connectivity index (χ0) is 22.6. The molecule has 3 nitrogen and oxygen atoms in total. The third-order valence-electron chi connectivity index (χ3n) is 7.20. The van der Waals surface area contributed by atoms with Crippen LogP contribution < -0.4 is 5.32 Å². The molecule has 0 bridgehead atoms. The number of aryl methyl sites for hydroxylation is 2. The molecule has 3 heteroatoms. The number of allylic oxidation sites excluding steroid dienone is 1. The van der Waals surface area contributed by atoms with E-state index in [1.54, 1.807) is 0 Å². The van der Waals surface area contributed by atoms with Gasteiger partial charge in [-0.3, -0.25) is 0 Å². The largest absolute Gasteiger partial charge is 0.316 e. The molecule has 2 unspecified atom stereocenters. The normalized spacial score (nSPS) is 19.6. The Morgan fingerprint density at radius 2 is 1.82 bits per heavy atom. The molecular formula is C30H31N3. The van der Waals surface area contributed by atoms with Crippen molar-refractivity contribution in [2.45, 2.75) is 39.0 Å². The van der Waals surface area contributed by atoms with Crippen molar-refractivity contribution in [2.75, 3.05) is 13.1 Å². The molecule has 1 aromatic heterocycles. The quantitative estimate of drug-likeness (QED) is 0.505. The fraction of sp³-hybridized carbons (Fsp3) is 0.333. The summed E-state index contributed by atoms with van der Waals surface area (Å²) in [5.41, 5.74) is 8.86. The third kappa shape index (κ3) is 4.77. The van der Waals surface area contributed by atoms with Crippen LogP contribution in [0.4, 0.5) is 0 Å². The van der Waals surface area contributed by atoms with Crippen molar-refractivity contribution in [2.24, 2.45) is 11.8 Å². The second-order valence-corrected chi connectivity index (χ2v) is 9.42. The standard InChI is InChI=1S/C30H31N3/c1-2-21-3-11-26(12-4-21)30-28(25-9-6-23(19-31)7-10-25)18-27-13-5-22(8-14-29(27)33-30)17-24-15-16-32-20-24/h3-4,6-12,14,18,22,24,32H,2,5,13,15-17,20H2,1H3. The molecule has 1 aliphatic heterocycles. The van der Waals surface area contributed by atoms with Crippen LogP contribution in [-0.4, -0.2) is 18.1 Å². The second-order valence-electron chi connectivity index (χ2n) is 9.42. The van der Waals surface area contributed by atoms with Gasteiger partial charge < -0.3 is 5.32 Å². The molecule has 2 aliphatic rings. The SMILES string of the molecule is CCc1ccc(-c2nc3c(cc2-c2ccc(C#N)cc2)CCC(CC2CCNC2)C=C3)cc1. The first kappa shape index (κ1) is 21.6. The summed E-state index contributed by atoms with van der Waals surface area (Å²) in [6.07, 6.45) is 10.5. The summed E-state index contributed by atoms with van der Waals surface area (Å²) < 4.78 is 0. The van der Waals surface area contributed by atoms with Crippen molar-refractivity contribution in [1.29, 1.82) is 5.26 Å². The second kappa shape index (κ2) is 9.73. The van der Waals surface area contributed by atoms with Crippen molar-refractivity contribution in [3.63, 3.8) is 0 Å². The molecule has 2 atom stereocenters. The Hall–Kier alpha value is -3.22. The molecule has 0 radical (unpaired) electrons. The minimum atomic E-state index is 0.620. The molecule has 1 aliphatic carbocycles. The average Bonchev–Trinajstić information content (AvgIpc) is 3.30. The number of aromatic nitrogens is 1. The van der Waals surface area contributed by atoms with Gasteiger partial charge in [-0.2, -0.15) is 5.26 Å². The highest BCUT2D eigenvalue weighted by molar-refractivity contribution is 5.82. The number of fused-ring (bicyclic) bond motifs is 1. The molecule has 1 saturated heterocycles. The van der Waals surface area contributed by atoms with Gasteiger partial charge in [-0.25, -0.2) is 4.98 Å². The first-order chi connectivity index (χ1) is 16.2. The van der Waals surface area contributed by atoms with Crippen molar-refractivity contribution < 1.29 is 0 Å². The Kier molecular flexibility index (Phi) is 6.37. The van der Waals surface area contributed by atoms with E-state index in [-0.39, 0.29) is 0 Å². The zero-order valence-electron chi connectivity index (χ0n) is 19.3. The van der Waals surface area contributed by atoms with Gasteiger partial charge in [0, 0.05) is 11.1 Å². The summed E-state index contributed by atoms with van der Waals surface area (Å²) in [5.74, 6) is 1.42. The van der Waals surface area contributed by atoms with Crippen molar-refractivity contribution in [3.05, 3.63) is 83.1 Å². The molecule has 0 saturated carbocycles. The Morgan fingerprint density at radius 1 is 1.03 bits per heavy atom. The molecule has 2 heterocycles. The minimum Gasteiger partial charge on any atom is -0.316 e. The van der Waals surface area contributed by atoms with Crippen LogP contribution in [0.2, 0.25) is 0 Å². The molecule has 0 spiro atoms. The van der Waals surface area contributed by atoms with Crippen molar-refractivity contribution in [3.8, 4) is 28.5 Å². The molecule has 3 aromatic rings. The first-order valence-electron chi connectivity index (χ1n) is 12.3. The summed E-state index contributed by atoms with van der Waals surface area (Å²) in [4.78, 5) is 5.22. The molecule has 166 valence electrons. The predicted molar refractivity (Wildman–Crippen MR) is 136 cm³/mol. The molecular weight excluding hydrogens is 402 g/mol. The number of hydrogen-bond donors (Lipinski definition) is 1. The van der Waals surface area contributed by atoms with E-state index in [1.807, 2.05) is 24.3 Å². The van der Waals surface area contributed by atoms with Gasteiger partial charge >= 0.3 is 0 Å². The van der Waals surface area contributed by atoms with Crippen LogP contribution in [-0.2, 0) is 12.8 Å². The maximum Gasteiger partial charge on any atom is 0.0991 e. The van der Waals surface area contributed by atoms with Gasteiger partial charge in [0.05, 0.1) is 23.0 Å². The monoisotopic (exact) mass is 433 g/mol. The summed E-state index contributed by atoms with van der Waals surface area (Å²) in [7, 11) is 0. The lowest BCUT2D eigenvalue weighted by Gasteiger charge is -2.16. The summed E-state index contributed by atoms with van der Waals surface area (Å²) in [5, 5.41) is 12.7. The summed E-state index contributed by atoms with van der Waals surface area (Å²) >= 11 is 0. The van der Waals surface area contributed by atoms with Crippen molar-refractivity contribution in [1.82, 2.24) is 10.3 Å². The zero-order valence-corrected chi connectivity index (χ0v) is 19.3. The molecule has 0 amide bonds. The number of nitrogens with zero attached hydrogens (tertiary/aromatic N) is 2. The minimum absolute atomic E-state index is 0.620. The smallest absolute Gasteiger partial charge is 0.0991 e. The fourth-order valence-electron chi connectivity index (χ4n) is 5.18. The van der Waals surface area contributed by atoms with Gasteiger partial charge in [0.15, 0.2) is 0 Å². The van der Waals surface area contributed by atoms with Crippen LogP contribution in [0, 0.1) is 23.2 Å². The van der Waals surface area contributed by atoms with E-state index in [2.05, 4.69) is 60.8 Å². The molecule has 1 fully saturated rings. The van der Waals surface area contributed by atoms with E-state index < -0.39 is 0 Å². The maximum absolute atomic E-state index is 9.22. The van der Waals surface area contributed by atoms with Crippen LogP contribution in [0.1, 0.15) is 48.6 Å². The van der Waals surface area contributed by atoms with Gasteiger partial charge in [0.25, 0.3) is 0 Å². The van der Waals surface area contributed by atoms with E-state index in [1.165, 1.54) is 30.4 Å². The summed E-state index contributed by atoms with van der Waals surface area (Å²) in [6.45, 7) is 4.51. The van der Waals surface area contributed by atoms with Gasteiger partial charge in [0.2, 0.25) is 0 Å². The predicted octanol–water partition coefficient (Wildman–Crippen LogP) is 6.42. The highest BCUT2D eigenvalue weighted by Crippen LogP contribution is 2.36. The molecule has 33 heavy (non-hydrogen) atoms. The molecule has 5 rings (SSSR count). The van der Waals surface area contributed by atoms with Gasteiger partial charge in [-0.15, -0.1) is 0 Å². The van der Waals surface area contributed by atoms with Crippen molar-refractivity contribution >= 4 is 6.08 Å². The average molecular weight is 434 g/mol. The van der Waals surface area contributed by atoms with Crippen LogP contribution in [0.3, 0.4) is 0 Å². The number of benzene rings is 2. The fourth-order valence-corrected chi connectivity index (χ4v) is 5.18. The lowest BCUT2D eigenvalue weighted by Crippen LogP contribution is -2.12. The lowest BCUT2D eigenvalue weighted by atomic mass is 9.90. The number of rotatable bonds is 5. The topological polar surface area (TPSA) is 48.7 Å². The van der Waals surface area contributed by atoms with E-state index in [9.17, 15) is 5.26 Å². The summed E-state index contributed by atoms with van der Waals surface area (Å²) in [6, 6.07) is 21.3. The van der Waals surface area contributed by atoms with Crippen LogP contribution in [0.15, 0.2) is 60.7 Å². The highest BCUT2D eigenvalue weighted by atomic mass is 14.9. The van der Waals surface area contributed by atoms with Crippen LogP contribution in [0.5, 0.6) is 0 Å². The van der Waals surface area contributed by atoms with E-state index in [4.69, 9.17) is 4.98 Å².